The minimum atomic E-state index is -0.131. The fourth-order valence-corrected chi connectivity index (χ4v) is 1.46. The van der Waals surface area contributed by atoms with Crippen LogP contribution in [0.1, 0.15) is 19.3 Å². The molecule has 0 unspecified atom stereocenters. The highest BCUT2D eigenvalue weighted by molar-refractivity contribution is 5.69. The summed E-state index contributed by atoms with van der Waals surface area (Å²) in [4.78, 5) is 13.3. The van der Waals surface area contributed by atoms with Crippen molar-refractivity contribution in [3.05, 3.63) is 0 Å². The summed E-state index contributed by atoms with van der Waals surface area (Å²) in [6.07, 6.45) is 2.99. The first-order valence-corrected chi connectivity index (χ1v) is 5.07. The molecule has 1 aliphatic rings. The van der Waals surface area contributed by atoms with Gasteiger partial charge >= 0.3 is 5.97 Å². The van der Waals surface area contributed by atoms with Gasteiger partial charge in [0, 0.05) is 26.2 Å². The summed E-state index contributed by atoms with van der Waals surface area (Å²) in [7, 11) is 3.13. The van der Waals surface area contributed by atoms with Crippen LogP contribution in [0.25, 0.3) is 0 Å². The van der Waals surface area contributed by atoms with E-state index in [-0.39, 0.29) is 5.97 Å². The van der Waals surface area contributed by atoms with Gasteiger partial charge in [0.25, 0.3) is 0 Å². The predicted molar refractivity (Wildman–Crippen MR) is 53.1 cm³/mol. The number of rotatable bonds is 7. The molecule has 1 fully saturated rings. The molecule has 0 aromatic heterocycles. The quantitative estimate of drug-likeness (QED) is 0.567. The molecule has 0 bridgehead atoms. The highest BCUT2D eigenvalue weighted by Gasteiger charge is 2.28. The lowest BCUT2D eigenvalue weighted by atomic mass is 10.3. The van der Waals surface area contributed by atoms with E-state index in [1.807, 2.05) is 0 Å². The normalized spacial score (nSPS) is 15.9. The van der Waals surface area contributed by atoms with Gasteiger partial charge in [0.15, 0.2) is 0 Å². The minimum Gasteiger partial charge on any atom is -0.469 e. The average molecular weight is 201 g/mol. The molecule has 0 N–H and O–H groups in total. The lowest BCUT2D eigenvalue weighted by molar-refractivity contribution is -0.141. The largest absolute Gasteiger partial charge is 0.469 e. The van der Waals surface area contributed by atoms with Crippen LogP contribution < -0.4 is 0 Å². The first-order valence-electron chi connectivity index (χ1n) is 5.07. The lowest BCUT2D eigenvalue weighted by Gasteiger charge is -2.20. The molecule has 1 rings (SSSR count). The Morgan fingerprint density at radius 2 is 2.07 bits per heavy atom. The van der Waals surface area contributed by atoms with Crippen LogP contribution in [0.15, 0.2) is 0 Å². The number of ether oxygens (including phenoxy) is 2. The van der Waals surface area contributed by atoms with Crippen LogP contribution >= 0.6 is 0 Å². The van der Waals surface area contributed by atoms with Gasteiger partial charge in [-0.25, -0.2) is 0 Å². The zero-order valence-electron chi connectivity index (χ0n) is 8.99. The molecule has 4 nitrogen and oxygen atoms in total. The molecule has 0 aromatic rings. The van der Waals surface area contributed by atoms with Gasteiger partial charge in [-0.2, -0.15) is 0 Å². The molecule has 0 amide bonds. The van der Waals surface area contributed by atoms with E-state index in [1.165, 1.54) is 20.0 Å². The number of hydrogen-bond acceptors (Lipinski definition) is 4. The lowest BCUT2D eigenvalue weighted by Crippen LogP contribution is -2.31. The van der Waals surface area contributed by atoms with Crippen LogP contribution in [0.4, 0.5) is 0 Å². The van der Waals surface area contributed by atoms with Crippen LogP contribution in [0.2, 0.25) is 0 Å². The Morgan fingerprint density at radius 3 is 2.57 bits per heavy atom. The molecule has 0 radical (unpaired) electrons. The van der Waals surface area contributed by atoms with E-state index >= 15 is 0 Å². The standard InChI is InChI=1S/C10H19NO3/c1-13-8-7-11(9-3-4-9)6-5-10(12)14-2/h9H,3-8H2,1-2H3. The van der Waals surface area contributed by atoms with Crippen LogP contribution in [0.5, 0.6) is 0 Å². The third-order valence-electron chi connectivity index (χ3n) is 2.48. The Labute approximate surface area is 85.2 Å². The zero-order chi connectivity index (χ0) is 10.4. The van der Waals surface area contributed by atoms with Crippen molar-refractivity contribution in [3.63, 3.8) is 0 Å². The summed E-state index contributed by atoms with van der Waals surface area (Å²) < 4.78 is 9.63. The van der Waals surface area contributed by atoms with E-state index < -0.39 is 0 Å². The van der Waals surface area contributed by atoms with Crippen molar-refractivity contribution in [2.24, 2.45) is 0 Å². The van der Waals surface area contributed by atoms with Gasteiger partial charge < -0.3 is 9.47 Å². The van der Waals surface area contributed by atoms with Gasteiger partial charge in [0.2, 0.25) is 0 Å². The van der Waals surface area contributed by atoms with E-state index in [1.54, 1.807) is 7.11 Å². The van der Waals surface area contributed by atoms with Crippen LogP contribution in [0, 0.1) is 0 Å². The average Bonchev–Trinajstić information content (AvgIpc) is 3.01. The SMILES string of the molecule is COCCN(CCC(=O)OC)C1CC1. The Balaban J connectivity index is 2.17. The fourth-order valence-electron chi connectivity index (χ4n) is 1.46. The molecular formula is C10H19NO3. The maximum atomic E-state index is 11.0. The number of hydrogen-bond donors (Lipinski definition) is 0. The molecule has 0 saturated heterocycles. The summed E-state index contributed by atoms with van der Waals surface area (Å²) in [5.74, 6) is -0.131. The molecule has 82 valence electrons. The smallest absolute Gasteiger partial charge is 0.306 e. The van der Waals surface area contributed by atoms with E-state index in [0.29, 0.717) is 12.5 Å². The van der Waals surface area contributed by atoms with Gasteiger partial charge in [-0.05, 0) is 12.8 Å². The second kappa shape index (κ2) is 5.98. The molecule has 0 spiro atoms. The monoisotopic (exact) mass is 201 g/mol. The summed E-state index contributed by atoms with van der Waals surface area (Å²) >= 11 is 0. The predicted octanol–water partition coefficient (Wildman–Crippen LogP) is 0.660. The van der Waals surface area contributed by atoms with Gasteiger partial charge in [-0.15, -0.1) is 0 Å². The molecule has 0 aromatic carbocycles. The first kappa shape index (κ1) is 11.5. The third kappa shape index (κ3) is 4.07. The summed E-state index contributed by atoms with van der Waals surface area (Å²) in [6, 6.07) is 0.676. The molecule has 0 heterocycles. The van der Waals surface area contributed by atoms with E-state index in [9.17, 15) is 4.79 Å². The maximum absolute atomic E-state index is 11.0. The second-order valence-corrected chi connectivity index (χ2v) is 3.59. The molecule has 14 heavy (non-hydrogen) atoms. The van der Waals surface area contributed by atoms with Crippen LogP contribution in [0.3, 0.4) is 0 Å². The summed E-state index contributed by atoms with van der Waals surface area (Å²) in [6.45, 7) is 2.44. The van der Waals surface area contributed by atoms with E-state index in [0.717, 1.165) is 19.7 Å². The van der Waals surface area contributed by atoms with Gasteiger partial charge in [0.1, 0.15) is 0 Å². The summed E-state index contributed by atoms with van der Waals surface area (Å²) in [5, 5.41) is 0. The molecule has 1 aliphatic carbocycles. The van der Waals surface area contributed by atoms with Crippen molar-refractivity contribution in [3.8, 4) is 0 Å². The Morgan fingerprint density at radius 1 is 1.36 bits per heavy atom. The fraction of sp³-hybridized carbons (Fsp3) is 0.900. The number of carbonyl (C=O) groups excluding carboxylic acids is 1. The number of nitrogens with zero attached hydrogens (tertiary/aromatic N) is 1. The Hall–Kier alpha value is -0.610. The first-order chi connectivity index (χ1) is 6.77. The topological polar surface area (TPSA) is 38.8 Å². The molecule has 0 aliphatic heterocycles. The second-order valence-electron chi connectivity index (χ2n) is 3.59. The molecular weight excluding hydrogens is 182 g/mol. The number of esters is 1. The molecule has 4 heteroatoms. The van der Waals surface area contributed by atoms with Crippen molar-refractivity contribution in [2.45, 2.75) is 25.3 Å². The zero-order valence-corrected chi connectivity index (χ0v) is 8.99. The van der Waals surface area contributed by atoms with Gasteiger partial charge in [-0.3, -0.25) is 9.69 Å². The van der Waals surface area contributed by atoms with E-state index in [4.69, 9.17) is 4.74 Å². The highest BCUT2D eigenvalue weighted by atomic mass is 16.5. The van der Waals surface area contributed by atoms with Crippen LogP contribution in [-0.2, 0) is 14.3 Å². The van der Waals surface area contributed by atoms with Crippen molar-refractivity contribution in [1.82, 2.24) is 4.90 Å². The minimum absolute atomic E-state index is 0.131. The number of methoxy groups -OCH3 is 2. The third-order valence-corrected chi connectivity index (χ3v) is 2.48. The molecule has 0 atom stereocenters. The van der Waals surface area contributed by atoms with E-state index in [2.05, 4.69) is 9.64 Å². The van der Waals surface area contributed by atoms with Gasteiger partial charge in [-0.1, -0.05) is 0 Å². The van der Waals surface area contributed by atoms with Crippen molar-refractivity contribution in [2.75, 3.05) is 33.9 Å². The van der Waals surface area contributed by atoms with Crippen LogP contribution in [-0.4, -0.2) is 50.8 Å². The van der Waals surface area contributed by atoms with Crippen molar-refractivity contribution in [1.29, 1.82) is 0 Å². The Kier molecular flexibility index (Phi) is 4.90. The van der Waals surface area contributed by atoms with Gasteiger partial charge in [0.05, 0.1) is 20.1 Å². The van der Waals surface area contributed by atoms with Crippen molar-refractivity contribution < 1.29 is 14.3 Å². The maximum Gasteiger partial charge on any atom is 0.306 e. The van der Waals surface area contributed by atoms with Crippen molar-refractivity contribution >= 4 is 5.97 Å². The molecule has 1 saturated carbocycles. The summed E-state index contributed by atoms with van der Waals surface area (Å²) in [5.41, 5.74) is 0. The number of carbonyl (C=O) groups is 1. The Bertz CT molecular complexity index is 180. The highest BCUT2D eigenvalue weighted by Crippen LogP contribution is 2.26.